The molecule has 0 saturated heterocycles. The average molecular weight is 295 g/mol. The van der Waals surface area contributed by atoms with Gasteiger partial charge in [-0.3, -0.25) is 4.79 Å². The fourth-order valence-corrected chi connectivity index (χ4v) is 1.81. The summed E-state index contributed by atoms with van der Waals surface area (Å²) in [6.07, 6.45) is 1.86. The molecule has 0 spiro atoms. The molecule has 0 radical (unpaired) electrons. The smallest absolute Gasteiger partial charge is 0.317 e. The van der Waals surface area contributed by atoms with E-state index in [1.165, 1.54) is 0 Å². The zero-order chi connectivity index (χ0) is 15.7. The van der Waals surface area contributed by atoms with Crippen molar-refractivity contribution in [2.45, 2.75) is 39.7 Å². The van der Waals surface area contributed by atoms with Crippen molar-refractivity contribution >= 4 is 5.97 Å². The highest BCUT2D eigenvalue weighted by molar-refractivity contribution is 5.69. The summed E-state index contributed by atoms with van der Waals surface area (Å²) in [5.74, 6) is 0.582. The second kappa shape index (κ2) is 9.23. The molecule has 118 valence electrons. The molecule has 1 aromatic rings. The van der Waals surface area contributed by atoms with E-state index in [4.69, 9.17) is 14.6 Å². The van der Waals surface area contributed by atoms with Crippen molar-refractivity contribution in [3.63, 3.8) is 0 Å². The van der Waals surface area contributed by atoms with Crippen LogP contribution in [0.4, 0.5) is 0 Å². The van der Waals surface area contributed by atoms with Crippen LogP contribution in [0.3, 0.4) is 0 Å². The van der Waals surface area contributed by atoms with Crippen LogP contribution in [0.2, 0.25) is 0 Å². The molecule has 5 heteroatoms. The third-order valence-electron chi connectivity index (χ3n) is 2.95. The molecule has 0 saturated carbocycles. The number of benzene rings is 1. The number of carboxylic acid groups (broad SMARTS) is 1. The molecule has 1 atom stereocenters. The second-order valence-electron chi connectivity index (χ2n) is 4.90. The van der Waals surface area contributed by atoms with Crippen molar-refractivity contribution in [2.24, 2.45) is 0 Å². The van der Waals surface area contributed by atoms with E-state index < -0.39 is 5.97 Å². The lowest BCUT2D eigenvalue weighted by molar-refractivity contribution is -0.136. The molecule has 1 aromatic carbocycles. The monoisotopic (exact) mass is 295 g/mol. The highest BCUT2D eigenvalue weighted by atomic mass is 16.5. The molecule has 2 N–H and O–H groups in total. The van der Waals surface area contributed by atoms with E-state index in [0.717, 1.165) is 24.2 Å². The first kappa shape index (κ1) is 17.3. The Hall–Kier alpha value is -1.75. The summed E-state index contributed by atoms with van der Waals surface area (Å²) >= 11 is 0. The molecule has 0 fully saturated rings. The molecule has 0 aliphatic rings. The first-order valence-electron chi connectivity index (χ1n) is 7.43. The summed E-state index contributed by atoms with van der Waals surface area (Å²) in [6, 6.07) is 5.67. The maximum Gasteiger partial charge on any atom is 0.317 e. The molecule has 5 nitrogen and oxygen atoms in total. The molecule has 0 heterocycles. The Morgan fingerprint density at radius 2 is 1.81 bits per heavy atom. The van der Waals surface area contributed by atoms with E-state index in [0.29, 0.717) is 19.0 Å². The van der Waals surface area contributed by atoms with Gasteiger partial charge in [0.15, 0.2) is 11.5 Å². The number of hydrogen-bond donors (Lipinski definition) is 2. The van der Waals surface area contributed by atoms with Crippen LogP contribution in [0, 0.1) is 0 Å². The third-order valence-corrected chi connectivity index (χ3v) is 2.95. The van der Waals surface area contributed by atoms with E-state index in [1.807, 2.05) is 32.0 Å². The van der Waals surface area contributed by atoms with Crippen molar-refractivity contribution in [1.82, 2.24) is 5.32 Å². The Balaban J connectivity index is 2.83. The molecular weight excluding hydrogens is 270 g/mol. The molecule has 0 aliphatic heterocycles. The summed E-state index contributed by atoms with van der Waals surface area (Å²) < 4.78 is 11.4. The molecule has 21 heavy (non-hydrogen) atoms. The van der Waals surface area contributed by atoms with Gasteiger partial charge in [-0.25, -0.2) is 0 Å². The van der Waals surface area contributed by atoms with Crippen molar-refractivity contribution in [3.8, 4) is 11.5 Å². The average Bonchev–Trinajstić information content (AvgIpc) is 2.48. The molecule has 0 amide bonds. The van der Waals surface area contributed by atoms with Gasteiger partial charge in [0.2, 0.25) is 0 Å². The van der Waals surface area contributed by atoms with Crippen molar-refractivity contribution in [1.29, 1.82) is 0 Å². The van der Waals surface area contributed by atoms with Gasteiger partial charge in [0.05, 0.1) is 19.8 Å². The van der Waals surface area contributed by atoms with Gasteiger partial charge in [-0.2, -0.15) is 0 Å². The van der Waals surface area contributed by atoms with E-state index in [9.17, 15) is 4.79 Å². The maximum absolute atomic E-state index is 10.6. The quantitative estimate of drug-likeness (QED) is 0.694. The third kappa shape index (κ3) is 6.04. The molecule has 0 aromatic heterocycles. The fraction of sp³-hybridized carbons (Fsp3) is 0.562. The van der Waals surface area contributed by atoms with E-state index in [1.54, 1.807) is 0 Å². The van der Waals surface area contributed by atoms with Gasteiger partial charge in [-0.05, 0) is 37.5 Å². The number of ether oxygens (including phenoxy) is 2. The van der Waals surface area contributed by atoms with Gasteiger partial charge >= 0.3 is 5.97 Å². The lowest BCUT2D eigenvalue weighted by atomic mass is 10.1. The number of hydrogen-bond acceptors (Lipinski definition) is 4. The SMILES string of the molecule is CCCOc1ccc(C(C)NCC(=O)O)cc1OCCC. The Morgan fingerprint density at radius 1 is 1.19 bits per heavy atom. The van der Waals surface area contributed by atoms with Crippen molar-refractivity contribution in [3.05, 3.63) is 23.8 Å². The molecular formula is C16H25NO4. The highest BCUT2D eigenvalue weighted by Gasteiger charge is 2.12. The normalized spacial score (nSPS) is 12.0. The molecule has 0 bridgehead atoms. The van der Waals surface area contributed by atoms with Crippen molar-refractivity contribution in [2.75, 3.05) is 19.8 Å². The van der Waals surface area contributed by atoms with E-state index in [2.05, 4.69) is 12.2 Å². The van der Waals surface area contributed by atoms with Gasteiger partial charge in [-0.15, -0.1) is 0 Å². The van der Waals surface area contributed by atoms with E-state index >= 15 is 0 Å². The zero-order valence-electron chi connectivity index (χ0n) is 13.0. The number of carbonyl (C=O) groups is 1. The number of rotatable bonds is 10. The van der Waals surface area contributed by atoms with Crippen LogP contribution in [0.25, 0.3) is 0 Å². The summed E-state index contributed by atoms with van der Waals surface area (Å²) in [5.41, 5.74) is 0.978. The first-order valence-corrected chi connectivity index (χ1v) is 7.43. The van der Waals surface area contributed by atoms with Crippen LogP contribution in [-0.2, 0) is 4.79 Å². The Kier molecular flexibility index (Phi) is 7.61. The van der Waals surface area contributed by atoms with Gasteiger partial charge in [0.25, 0.3) is 0 Å². The predicted molar refractivity (Wildman–Crippen MR) is 82.1 cm³/mol. The van der Waals surface area contributed by atoms with Crippen LogP contribution in [-0.4, -0.2) is 30.8 Å². The van der Waals surface area contributed by atoms with Crippen LogP contribution in [0.5, 0.6) is 11.5 Å². The maximum atomic E-state index is 10.6. The number of carboxylic acids is 1. The summed E-state index contributed by atoms with van der Waals surface area (Å²) in [7, 11) is 0. The highest BCUT2D eigenvalue weighted by Crippen LogP contribution is 2.31. The van der Waals surface area contributed by atoms with Gasteiger partial charge in [0.1, 0.15) is 0 Å². The number of aliphatic carboxylic acids is 1. The minimum Gasteiger partial charge on any atom is -0.490 e. The standard InChI is InChI=1S/C16H25NO4/c1-4-8-20-14-7-6-13(10-15(14)21-9-5-2)12(3)17-11-16(18)19/h6-7,10,12,17H,4-5,8-9,11H2,1-3H3,(H,18,19). The van der Waals surface area contributed by atoms with Gasteiger partial charge in [-0.1, -0.05) is 19.9 Å². The minimum absolute atomic E-state index is 0.0645. The number of nitrogens with one attached hydrogen (secondary N) is 1. The molecule has 0 aliphatic carbocycles. The summed E-state index contributed by atoms with van der Waals surface area (Å²) in [5, 5.41) is 11.7. The predicted octanol–water partition coefficient (Wildman–Crippen LogP) is 3.00. The van der Waals surface area contributed by atoms with Crippen LogP contribution < -0.4 is 14.8 Å². The van der Waals surface area contributed by atoms with Crippen LogP contribution in [0.15, 0.2) is 18.2 Å². The Bertz CT molecular complexity index is 448. The lowest BCUT2D eigenvalue weighted by Gasteiger charge is -2.17. The largest absolute Gasteiger partial charge is 0.490 e. The van der Waals surface area contributed by atoms with E-state index in [-0.39, 0.29) is 12.6 Å². The van der Waals surface area contributed by atoms with Gasteiger partial charge in [0, 0.05) is 6.04 Å². The van der Waals surface area contributed by atoms with Gasteiger partial charge < -0.3 is 19.9 Å². The fourth-order valence-electron chi connectivity index (χ4n) is 1.81. The summed E-state index contributed by atoms with van der Waals surface area (Å²) in [4.78, 5) is 10.6. The second-order valence-corrected chi connectivity index (χ2v) is 4.90. The molecule has 1 rings (SSSR count). The Labute approximate surface area is 126 Å². The summed E-state index contributed by atoms with van der Waals surface area (Å²) in [6.45, 7) is 7.23. The molecule has 1 unspecified atom stereocenters. The minimum atomic E-state index is -0.868. The van der Waals surface area contributed by atoms with Crippen LogP contribution in [0.1, 0.15) is 45.2 Å². The van der Waals surface area contributed by atoms with Crippen molar-refractivity contribution < 1.29 is 19.4 Å². The van der Waals surface area contributed by atoms with Crippen LogP contribution >= 0.6 is 0 Å². The Morgan fingerprint density at radius 3 is 2.38 bits per heavy atom. The first-order chi connectivity index (χ1) is 10.1. The zero-order valence-corrected chi connectivity index (χ0v) is 13.0. The topological polar surface area (TPSA) is 67.8 Å². The lowest BCUT2D eigenvalue weighted by Crippen LogP contribution is -2.25.